The van der Waals surface area contributed by atoms with Gasteiger partial charge in [-0.1, -0.05) is 26.0 Å². The van der Waals surface area contributed by atoms with Crippen LogP contribution in [0.3, 0.4) is 0 Å². The summed E-state index contributed by atoms with van der Waals surface area (Å²) in [6, 6.07) is 7.59. The van der Waals surface area contributed by atoms with Gasteiger partial charge in [0, 0.05) is 12.0 Å². The molecule has 0 heterocycles. The zero-order valence-corrected chi connectivity index (χ0v) is 13.4. The Kier molecular flexibility index (Phi) is 3.50. The maximum absolute atomic E-state index is 12.7. The number of rotatable bonds is 4. The number of ketones is 1. The predicted octanol–water partition coefficient (Wildman–Crippen LogP) is 2.71. The summed E-state index contributed by atoms with van der Waals surface area (Å²) in [6.07, 6.45) is 2.40. The van der Waals surface area contributed by atoms with E-state index in [1.165, 1.54) is 0 Å². The summed E-state index contributed by atoms with van der Waals surface area (Å²) in [7, 11) is 1.62. The van der Waals surface area contributed by atoms with E-state index in [4.69, 9.17) is 4.74 Å². The van der Waals surface area contributed by atoms with E-state index >= 15 is 0 Å². The standard InChI is InChI=1S/C18H23NO3/c1-17(2)13-8-9-18(10-13,15(17)20)16(21)19-11-12-4-6-14(22-3)7-5-12/h4-7,13H,8-11H2,1-3H3,(H,19,21)/t13-,18-/m1/s1. The van der Waals surface area contributed by atoms with Crippen LogP contribution in [0, 0.1) is 16.7 Å². The van der Waals surface area contributed by atoms with Crippen molar-refractivity contribution < 1.29 is 14.3 Å². The van der Waals surface area contributed by atoms with Gasteiger partial charge in [0.2, 0.25) is 5.91 Å². The fourth-order valence-electron chi connectivity index (χ4n) is 4.07. The molecule has 0 aromatic heterocycles. The van der Waals surface area contributed by atoms with Crippen molar-refractivity contribution >= 4 is 11.7 Å². The zero-order valence-electron chi connectivity index (χ0n) is 13.4. The van der Waals surface area contributed by atoms with Gasteiger partial charge in [-0.05, 0) is 42.9 Å². The Morgan fingerprint density at radius 3 is 2.55 bits per heavy atom. The smallest absolute Gasteiger partial charge is 0.233 e. The third-order valence-electron chi connectivity index (χ3n) is 5.60. The van der Waals surface area contributed by atoms with E-state index in [1.54, 1.807) is 7.11 Å². The average molecular weight is 301 g/mol. The summed E-state index contributed by atoms with van der Waals surface area (Å²) in [5, 5.41) is 2.96. The van der Waals surface area contributed by atoms with Gasteiger partial charge in [0.15, 0.2) is 5.78 Å². The van der Waals surface area contributed by atoms with E-state index in [-0.39, 0.29) is 17.1 Å². The molecule has 2 aliphatic rings. The van der Waals surface area contributed by atoms with E-state index in [0.717, 1.165) is 17.7 Å². The molecule has 1 N–H and O–H groups in total. The van der Waals surface area contributed by atoms with Gasteiger partial charge >= 0.3 is 0 Å². The molecule has 4 heteroatoms. The molecule has 0 spiro atoms. The highest BCUT2D eigenvalue weighted by molar-refractivity contribution is 6.10. The lowest BCUT2D eigenvalue weighted by Gasteiger charge is -2.32. The molecule has 2 atom stereocenters. The molecule has 1 aromatic carbocycles. The highest BCUT2D eigenvalue weighted by Crippen LogP contribution is 2.60. The SMILES string of the molecule is COc1ccc(CNC(=O)[C@]23CC[C@H](C2)C(C)(C)C3=O)cc1. The number of carbonyl (C=O) groups is 2. The van der Waals surface area contributed by atoms with Crippen molar-refractivity contribution in [2.75, 3.05) is 7.11 Å². The Balaban J connectivity index is 1.68. The summed E-state index contributed by atoms with van der Waals surface area (Å²) < 4.78 is 5.12. The zero-order chi connectivity index (χ0) is 16.0. The fraction of sp³-hybridized carbons (Fsp3) is 0.556. The summed E-state index contributed by atoms with van der Waals surface area (Å²) in [6.45, 7) is 4.41. The molecule has 3 rings (SSSR count). The first-order valence-corrected chi connectivity index (χ1v) is 7.86. The molecular weight excluding hydrogens is 278 g/mol. The predicted molar refractivity (Wildman–Crippen MR) is 83.4 cm³/mol. The van der Waals surface area contributed by atoms with E-state index in [0.29, 0.717) is 25.3 Å². The van der Waals surface area contributed by atoms with Crippen LogP contribution in [-0.2, 0) is 16.1 Å². The van der Waals surface area contributed by atoms with Gasteiger partial charge in [-0.3, -0.25) is 9.59 Å². The number of hydrogen-bond acceptors (Lipinski definition) is 3. The van der Waals surface area contributed by atoms with Crippen LogP contribution in [0.2, 0.25) is 0 Å². The topological polar surface area (TPSA) is 55.4 Å². The summed E-state index contributed by atoms with van der Waals surface area (Å²) in [5.74, 6) is 1.18. The molecule has 2 aliphatic carbocycles. The monoisotopic (exact) mass is 301 g/mol. The lowest BCUT2D eigenvalue weighted by atomic mass is 9.70. The third kappa shape index (κ3) is 2.13. The van der Waals surface area contributed by atoms with Crippen molar-refractivity contribution in [2.45, 2.75) is 39.7 Å². The van der Waals surface area contributed by atoms with Crippen molar-refractivity contribution in [1.29, 1.82) is 0 Å². The molecule has 1 aromatic rings. The Labute approximate surface area is 131 Å². The Morgan fingerprint density at radius 1 is 1.32 bits per heavy atom. The molecule has 2 saturated carbocycles. The second-order valence-corrected chi connectivity index (χ2v) is 7.10. The highest BCUT2D eigenvalue weighted by Gasteiger charge is 2.64. The summed E-state index contributed by atoms with van der Waals surface area (Å²) in [5.41, 5.74) is -0.124. The minimum atomic E-state index is -0.777. The maximum Gasteiger partial charge on any atom is 0.233 e. The van der Waals surface area contributed by atoms with Gasteiger partial charge in [0.1, 0.15) is 11.2 Å². The molecule has 0 saturated heterocycles. The van der Waals surface area contributed by atoms with Crippen LogP contribution in [0.15, 0.2) is 24.3 Å². The number of benzene rings is 1. The maximum atomic E-state index is 12.7. The van der Waals surface area contributed by atoms with Gasteiger partial charge in [0.05, 0.1) is 7.11 Å². The van der Waals surface area contributed by atoms with E-state index in [1.807, 2.05) is 38.1 Å². The largest absolute Gasteiger partial charge is 0.497 e. The van der Waals surface area contributed by atoms with Gasteiger partial charge in [-0.25, -0.2) is 0 Å². The molecule has 2 fully saturated rings. The van der Waals surface area contributed by atoms with E-state index in [9.17, 15) is 9.59 Å². The van der Waals surface area contributed by atoms with Crippen LogP contribution in [0.4, 0.5) is 0 Å². The lowest BCUT2D eigenvalue weighted by molar-refractivity contribution is -0.145. The van der Waals surface area contributed by atoms with Crippen molar-refractivity contribution in [1.82, 2.24) is 5.32 Å². The number of hydrogen-bond donors (Lipinski definition) is 1. The molecule has 22 heavy (non-hydrogen) atoms. The molecule has 0 unspecified atom stereocenters. The van der Waals surface area contributed by atoms with Gasteiger partial charge < -0.3 is 10.1 Å². The normalized spacial score (nSPS) is 28.7. The number of carbonyl (C=O) groups excluding carboxylic acids is 2. The van der Waals surface area contributed by atoms with E-state index in [2.05, 4.69) is 5.32 Å². The fourth-order valence-corrected chi connectivity index (χ4v) is 4.07. The van der Waals surface area contributed by atoms with Crippen LogP contribution in [0.5, 0.6) is 5.75 Å². The van der Waals surface area contributed by atoms with Crippen LogP contribution in [0.25, 0.3) is 0 Å². The molecule has 2 bridgehead atoms. The van der Waals surface area contributed by atoms with Crippen LogP contribution < -0.4 is 10.1 Å². The van der Waals surface area contributed by atoms with Gasteiger partial charge in [-0.2, -0.15) is 0 Å². The lowest BCUT2D eigenvalue weighted by Crippen LogP contribution is -2.47. The number of ether oxygens (including phenoxy) is 1. The van der Waals surface area contributed by atoms with Crippen molar-refractivity contribution in [3.05, 3.63) is 29.8 Å². The number of methoxy groups -OCH3 is 1. The Hall–Kier alpha value is -1.84. The quantitative estimate of drug-likeness (QED) is 0.870. The average Bonchev–Trinajstić information content (AvgIpc) is 3.05. The van der Waals surface area contributed by atoms with Crippen molar-refractivity contribution in [3.8, 4) is 5.75 Å². The van der Waals surface area contributed by atoms with E-state index < -0.39 is 5.41 Å². The molecule has 0 radical (unpaired) electrons. The highest BCUT2D eigenvalue weighted by atomic mass is 16.5. The first-order valence-electron chi connectivity index (χ1n) is 7.86. The first-order chi connectivity index (χ1) is 10.4. The van der Waals surface area contributed by atoms with Crippen LogP contribution >= 0.6 is 0 Å². The van der Waals surface area contributed by atoms with Crippen LogP contribution in [0.1, 0.15) is 38.7 Å². The first kappa shape index (κ1) is 15.1. The van der Waals surface area contributed by atoms with Gasteiger partial charge in [-0.15, -0.1) is 0 Å². The van der Waals surface area contributed by atoms with Crippen molar-refractivity contribution in [3.63, 3.8) is 0 Å². The third-order valence-corrected chi connectivity index (χ3v) is 5.60. The second-order valence-electron chi connectivity index (χ2n) is 7.10. The minimum Gasteiger partial charge on any atom is -0.497 e. The number of nitrogens with one attached hydrogen (secondary N) is 1. The number of Topliss-reactive ketones (excluding diaryl/α,β-unsaturated/α-hetero) is 1. The number of amides is 1. The molecule has 0 aliphatic heterocycles. The molecule has 118 valence electrons. The number of fused-ring (bicyclic) bond motifs is 2. The summed E-state index contributed by atoms with van der Waals surface area (Å²) in [4.78, 5) is 25.3. The van der Waals surface area contributed by atoms with Crippen LogP contribution in [-0.4, -0.2) is 18.8 Å². The second kappa shape index (κ2) is 5.11. The molecule has 4 nitrogen and oxygen atoms in total. The van der Waals surface area contributed by atoms with Gasteiger partial charge in [0.25, 0.3) is 0 Å². The Bertz CT molecular complexity index is 605. The summed E-state index contributed by atoms with van der Waals surface area (Å²) >= 11 is 0. The minimum absolute atomic E-state index is 0.0959. The molecular formula is C18H23NO3. The van der Waals surface area contributed by atoms with Crippen molar-refractivity contribution in [2.24, 2.45) is 16.7 Å². The Morgan fingerprint density at radius 2 is 2.00 bits per heavy atom. The molecule has 1 amide bonds.